The molecule has 108 valence electrons. The quantitative estimate of drug-likeness (QED) is 0.823. The molecular weight excluding hydrogens is 265 g/mol. The van der Waals surface area contributed by atoms with Gasteiger partial charge in [0, 0.05) is 13.2 Å². The highest BCUT2D eigenvalue weighted by Gasteiger charge is 2.25. The van der Waals surface area contributed by atoms with E-state index in [2.05, 4.69) is 5.32 Å². The molecule has 1 amide bonds. The summed E-state index contributed by atoms with van der Waals surface area (Å²) in [5.74, 6) is -1.23. The Morgan fingerprint density at radius 3 is 2.75 bits per heavy atom. The molecule has 1 atom stereocenters. The summed E-state index contributed by atoms with van der Waals surface area (Å²) in [6.07, 6.45) is 0.923. The SMILES string of the molecule is O=C(COC(=O)[C@@H]1CCCO1)NCc1ccc(F)cc1. The summed E-state index contributed by atoms with van der Waals surface area (Å²) in [5.41, 5.74) is 0.769. The molecule has 1 aromatic carbocycles. The second kappa shape index (κ2) is 7.00. The van der Waals surface area contributed by atoms with Crippen molar-refractivity contribution >= 4 is 11.9 Å². The van der Waals surface area contributed by atoms with Gasteiger partial charge in [0.25, 0.3) is 5.91 Å². The number of rotatable bonds is 5. The van der Waals surface area contributed by atoms with E-state index >= 15 is 0 Å². The van der Waals surface area contributed by atoms with E-state index < -0.39 is 18.0 Å². The van der Waals surface area contributed by atoms with Crippen molar-refractivity contribution in [3.05, 3.63) is 35.6 Å². The molecule has 1 heterocycles. The number of hydrogen-bond acceptors (Lipinski definition) is 4. The number of carbonyl (C=O) groups excluding carboxylic acids is 2. The van der Waals surface area contributed by atoms with Crippen molar-refractivity contribution in [3.8, 4) is 0 Å². The normalized spacial score (nSPS) is 17.8. The van der Waals surface area contributed by atoms with Crippen LogP contribution in [0.1, 0.15) is 18.4 Å². The Kier molecular flexibility index (Phi) is 5.06. The van der Waals surface area contributed by atoms with Crippen molar-refractivity contribution in [1.82, 2.24) is 5.32 Å². The third kappa shape index (κ3) is 4.31. The van der Waals surface area contributed by atoms with Gasteiger partial charge in [-0.2, -0.15) is 0 Å². The van der Waals surface area contributed by atoms with E-state index in [4.69, 9.17) is 9.47 Å². The Morgan fingerprint density at radius 1 is 1.35 bits per heavy atom. The zero-order valence-electron chi connectivity index (χ0n) is 10.9. The lowest BCUT2D eigenvalue weighted by atomic mass is 10.2. The molecule has 0 bridgehead atoms. The molecule has 1 saturated heterocycles. The van der Waals surface area contributed by atoms with Crippen molar-refractivity contribution in [3.63, 3.8) is 0 Å². The maximum atomic E-state index is 12.7. The predicted octanol–water partition coefficient (Wildman–Crippen LogP) is 1.16. The van der Waals surface area contributed by atoms with Crippen LogP contribution in [0.2, 0.25) is 0 Å². The standard InChI is InChI=1S/C14H16FNO4/c15-11-5-3-10(4-6-11)8-16-13(17)9-20-14(18)12-2-1-7-19-12/h3-6,12H,1-2,7-9H2,(H,16,17)/t12-/m0/s1. The highest BCUT2D eigenvalue weighted by atomic mass is 19.1. The van der Waals surface area contributed by atoms with Crippen molar-refractivity contribution < 1.29 is 23.5 Å². The Morgan fingerprint density at radius 2 is 2.10 bits per heavy atom. The van der Waals surface area contributed by atoms with Crippen molar-refractivity contribution in [2.24, 2.45) is 0 Å². The van der Waals surface area contributed by atoms with Gasteiger partial charge in [0.15, 0.2) is 12.7 Å². The monoisotopic (exact) mass is 281 g/mol. The third-order valence-corrected chi connectivity index (χ3v) is 2.94. The van der Waals surface area contributed by atoms with E-state index in [0.717, 1.165) is 12.0 Å². The van der Waals surface area contributed by atoms with Gasteiger partial charge in [-0.1, -0.05) is 12.1 Å². The lowest BCUT2D eigenvalue weighted by molar-refractivity contribution is -0.157. The Hall–Kier alpha value is -1.95. The van der Waals surface area contributed by atoms with Crippen LogP contribution < -0.4 is 5.32 Å². The lowest BCUT2D eigenvalue weighted by Gasteiger charge is -2.10. The first-order valence-corrected chi connectivity index (χ1v) is 6.44. The first kappa shape index (κ1) is 14.5. The van der Waals surface area contributed by atoms with Crippen LogP contribution in [0.15, 0.2) is 24.3 Å². The predicted molar refractivity (Wildman–Crippen MR) is 68.2 cm³/mol. The molecule has 0 unspecified atom stereocenters. The molecule has 6 heteroatoms. The molecule has 1 aliphatic heterocycles. The number of benzene rings is 1. The van der Waals surface area contributed by atoms with E-state index in [1.54, 1.807) is 12.1 Å². The molecular formula is C14H16FNO4. The number of carbonyl (C=O) groups is 2. The first-order valence-electron chi connectivity index (χ1n) is 6.44. The number of ether oxygens (including phenoxy) is 2. The maximum Gasteiger partial charge on any atom is 0.335 e. The molecule has 1 N–H and O–H groups in total. The van der Waals surface area contributed by atoms with Crippen LogP contribution in [0.25, 0.3) is 0 Å². The van der Waals surface area contributed by atoms with Crippen LogP contribution in [0.5, 0.6) is 0 Å². The number of esters is 1. The van der Waals surface area contributed by atoms with Gasteiger partial charge in [0.05, 0.1) is 0 Å². The molecule has 2 rings (SSSR count). The van der Waals surface area contributed by atoms with Crippen molar-refractivity contribution in [1.29, 1.82) is 0 Å². The van der Waals surface area contributed by atoms with E-state index in [1.165, 1.54) is 12.1 Å². The van der Waals surface area contributed by atoms with Gasteiger partial charge in [0.2, 0.25) is 0 Å². The summed E-state index contributed by atoms with van der Waals surface area (Å²) in [5, 5.41) is 2.58. The van der Waals surface area contributed by atoms with Gasteiger partial charge in [-0.3, -0.25) is 4.79 Å². The van der Waals surface area contributed by atoms with Gasteiger partial charge >= 0.3 is 5.97 Å². The fourth-order valence-corrected chi connectivity index (χ4v) is 1.85. The van der Waals surface area contributed by atoms with Gasteiger partial charge in [-0.15, -0.1) is 0 Å². The number of amides is 1. The Labute approximate surface area is 116 Å². The zero-order valence-corrected chi connectivity index (χ0v) is 10.9. The van der Waals surface area contributed by atoms with E-state index in [1.807, 2.05) is 0 Å². The molecule has 0 aromatic heterocycles. The maximum absolute atomic E-state index is 12.7. The van der Waals surface area contributed by atoms with Crippen LogP contribution in [-0.2, 0) is 25.6 Å². The summed E-state index contributed by atoms with van der Waals surface area (Å²) < 4.78 is 22.7. The van der Waals surface area contributed by atoms with Crippen LogP contribution in [0.3, 0.4) is 0 Å². The zero-order chi connectivity index (χ0) is 14.4. The molecule has 20 heavy (non-hydrogen) atoms. The molecule has 0 spiro atoms. The van der Waals surface area contributed by atoms with Crippen LogP contribution in [0.4, 0.5) is 4.39 Å². The average molecular weight is 281 g/mol. The number of nitrogens with one attached hydrogen (secondary N) is 1. The summed E-state index contributed by atoms with van der Waals surface area (Å²) in [4.78, 5) is 23.0. The summed E-state index contributed by atoms with van der Waals surface area (Å²) in [6, 6.07) is 5.79. The molecule has 1 aromatic rings. The van der Waals surface area contributed by atoms with Crippen LogP contribution in [-0.4, -0.2) is 31.2 Å². The van der Waals surface area contributed by atoms with Crippen LogP contribution in [0, 0.1) is 5.82 Å². The van der Waals surface area contributed by atoms with Crippen molar-refractivity contribution in [2.75, 3.05) is 13.2 Å². The summed E-state index contributed by atoms with van der Waals surface area (Å²) in [6.45, 7) is 0.479. The van der Waals surface area contributed by atoms with E-state index in [9.17, 15) is 14.0 Å². The van der Waals surface area contributed by atoms with Crippen molar-refractivity contribution in [2.45, 2.75) is 25.5 Å². The van der Waals surface area contributed by atoms with E-state index in [-0.39, 0.29) is 19.0 Å². The second-order valence-electron chi connectivity index (χ2n) is 4.51. The minimum Gasteiger partial charge on any atom is -0.454 e. The first-order chi connectivity index (χ1) is 9.65. The number of halogens is 1. The smallest absolute Gasteiger partial charge is 0.335 e. The van der Waals surface area contributed by atoms with Gasteiger partial charge in [0.1, 0.15) is 5.82 Å². The summed E-state index contributed by atoms with van der Waals surface area (Å²) in [7, 11) is 0. The summed E-state index contributed by atoms with van der Waals surface area (Å²) >= 11 is 0. The molecule has 5 nitrogen and oxygen atoms in total. The molecule has 0 saturated carbocycles. The van der Waals surface area contributed by atoms with Crippen LogP contribution >= 0.6 is 0 Å². The minimum absolute atomic E-state index is 0.261. The highest BCUT2D eigenvalue weighted by Crippen LogP contribution is 2.13. The molecule has 0 aliphatic carbocycles. The molecule has 0 radical (unpaired) electrons. The van der Waals surface area contributed by atoms with E-state index in [0.29, 0.717) is 13.0 Å². The third-order valence-electron chi connectivity index (χ3n) is 2.94. The van der Waals surface area contributed by atoms with Gasteiger partial charge in [-0.05, 0) is 30.5 Å². The molecule has 1 fully saturated rings. The number of hydrogen-bond donors (Lipinski definition) is 1. The highest BCUT2D eigenvalue weighted by molar-refractivity contribution is 5.82. The van der Waals surface area contributed by atoms with Gasteiger partial charge < -0.3 is 14.8 Å². The van der Waals surface area contributed by atoms with Gasteiger partial charge in [-0.25, -0.2) is 9.18 Å². The topological polar surface area (TPSA) is 64.6 Å². The molecule has 1 aliphatic rings. The fourth-order valence-electron chi connectivity index (χ4n) is 1.85. The fraction of sp³-hybridized carbons (Fsp3) is 0.429. The Balaban J connectivity index is 1.67. The Bertz CT molecular complexity index is 469. The second-order valence-corrected chi connectivity index (χ2v) is 4.51. The average Bonchev–Trinajstić information content (AvgIpc) is 2.98. The largest absolute Gasteiger partial charge is 0.454 e. The lowest BCUT2D eigenvalue weighted by Crippen LogP contribution is -2.31. The minimum atomic E-state index is -0.542.